The van der Waals surface area contributed by atoms with Crippen molar-refractivity contribution in [3.8, 4) is 0 Å². The van der Waals surface area contributed by atoms with E-state index in [4.69, 9.17) is 4.42 Å². The summed E-state index contributed by atoms with van der Waals surface area (Å²) < 4.78 is 6.84. The second-order valence-corrected chi connectivity index (χ2v) is 5.48. The van der Waals surface area contributed by atoms with Crippen LogP contribution in [0.3, 0.4) is 0 Å². The van der Waals surface area contributed by atoms with E-state index in [1.165, 1.54) is 0 Å². The Morgan fingerprint density at radius 3 is 2.56 bits per heavy atom. The van der Waals surface area contributed by atoms with Crippen LogP contribution in [-0.2, 0) is 6.54 Å². The number of carbonyl (C=O) groups excluding carboxylic acids is 1. The van der Waals surface area contributed by atoms with Crippen molar-refractivity contribution >= 4 is 37.8 Å². The molecule has 1 amide bonds. The molecule has 0 saturated carbocycles. The SMILES string of the molecule is CN(Cc1ccc(Br)o1)C(=O)c1ccccc1Br. The van der Waals surface area contributed by atoms with Gasteiger partial charge in [0.2, 0.25) is 0 Å². The zero-order valence-corrected chi connectivity index (χ0v) is 12.9. The average molecular weight is 373 g/mol. The van der Waals surface area contributed by atoms with Gasteiger partial charge in [0.05, 0.1) is 12.1 Å². The van der Waals surface area contributed by atoms with Crippen molar-refractivity contribution in [2.45, 2.75) is 6.54 Å². The first-order valence-corrected chi connectivity index (χ1v) is 6.90. The van der Waals surface area contributed by atoms with E-state index in [1.54, 1.807) is 18.0 Å². The highest BCUT2D eigenvalue weighted by molar-refractivity contribution is 9.10. The van der Waals surface area contributed by atoms with Crippen LogP contribution >= 0.6 is 31.9 Å². The van der Waals surface area contributed by atoms with E-state index in [0.29, 0.717) is 16.8 Å². The maximum Gasteiger partial charge on any atom is 0.255 e. The maximum atomic E-state index is 12.2. The summed E-state index contributed by atoms with van der Waals surface area (Å²) in [6, 6.07) is 11.0. The van der Waals surface area contributed by atoms with Gasteiger partial charge >= 0.3 is 0 Å². The maximum absolute atomic E-state index is 12.2. The van der Waals surface area contributed by atoms with Gasteiger partial charge in [-0.05, 0) is 56.1 Å². The van der Waals surface area contributed by atoms with Gasteiger partial charge in [0.1, 0.15) is 5.76 Å². The smallest absolute Gasteiger partial charge is 0.255 e. The molecule has 0 N–H and O–H groups in total. The molecular weight excluding hydrogens is 362 g/mol. The number of hydrogen-bond acceptors (Lipinski definition) is 2. The highest BCUT2D eigenvalue weighted by Crippen LogP contribution is 2.19. The predicted octanol–water partition coefficient (Wildman–Crippen LogP) is 4.08. The number of nitrogens with zero attached hydrogens (tertiary/aromatic N) is 1. The summed E-state index contributed by atoms with van der Waals surface area (Å²) in [4.78, 5) is 13.8. The molecule has 5 heteroatoms. The zero-order chi connectivity index (χ0) is 13.1. The lowest BCUT2D eigenvalue weighted by Gasteiger charge is -2.16. The zero-order valence-electron chi connectivity index (χ0n) is 9.69. The molecule has 18 heavy (non-hydrogen) atoms. The Morgan fingerprint density at radius 1 is 1.22 bits per heavy atom. The van der Waals surface area contributed by atoms with Crippen LogP contribution in [0.4, 0.5) is 0 Å². The highest BCUT2D eigenvalue weighted by atomic mass is 79.9. The standard InChI is InChI=1S/C13H11Br2NO2/c1-16(8-9-6-7-12(15)18-9)13(17)10-4-2-3-5-11(10)14/h2-7H,8H2,1H3. The summed E-state index contributed by atoms with van der Waals surface area (Å²) in [7, 11) is 1.75. The van der Waals surface area contributed by atoms with Crippen molar-refractivity contribution in [2.75, 3.05) is 7.05 Å². The molecule has 1 heterocycles. The molecule has 3 nitrogen and oxygen atoms in total. The fourth-order valence-electron chi connectivity index (χ4n) is 1.58. The molecule has 0 aliphatic rings. The van der Waals surface area contributed by atoms with Crippen molar-refractivity contribution in [3.63, 3.8) is 0 Å². The Labute approximate surface area is 122 Å². The molecule has 0 saturated heterocycles. The Kier molecular flexibility index (Phi) is 4.24. The molecule has 0 fully saturated rings. The molecule has 0 atom stereocenters. The molecule has 1 aromatic heterocycles. The van der Waals surface area contributed by atoms with Gasteiger partial charge in [0, 0.05) is 11.5 Å². The van der Waals surface area contributed by atoms with Gasteiger partial charge in [-0.15, -0.1) is 0 Å². The molecule has 0 radical (unpaired) electrons. The molecule has 0 aliphatic heterocycles. The van der Waals surface area contributed by atoms with Crippen LogP contribution in [0, 0.1) is 0 Å². The number of hydrogen-bond donors (Lipinski definition) is 0. The third-order valence-corrected chi connectivity index (χ3v) is 3.59. The van der Waals surface area contributed by atoms with Gasteiger partial charge in [0.15, 0.2) is 4.67 Å². The summed E-state index contributed by atoms with van der Waals surface area (Å²) in [5.41, 5.74) is 0.644. The number of rotatable bonds is 3. The molecule has 2 rings (SSSR count). The van der Waals surface area contributed by atoms with E-state index < -0.39 is 0 Å². The van der Waals surface area contributed by atoms with Crippen LogP contribution in [-0.4, -0.2) is 17.9 Å². The topological polar surface area (TPSA) is 33.5 Å². The van der Waals surface area contributed by atoms with Crippen LogP contribution in [0.15, 0.2) is 50.0 Å². The Morgan fingerprint density at radius 2 is 1.94 bits per heavy atom. The Hall–Kier alpha value is -1.07. The second-order valence-electron chi connectivity index (χ2n) is 3.85. The van der Waals surface area contributed by atoms with Crippen molar-refractivity contribution in [1.29, 1.82) is 0 Å². The average Bonchev–Trinajstić information content (AvgIpc) is 2.74. The fraction of sp³-hybridized carbons (Fsp3) is 0.154. The van der Waals surface area contributed by atoms with Gasteiger partial charge in [-0.1, -0.05) is 12.1 Å². The summed E-state index contributed by atoms with van der Waals surface area (Å²) in [6.07, 6.45) is 0. The number of carbonyl (C=O) groups is 1. The van der Waals surface area contributed by atoms with E-state index in [1.807, 2.05) is 30.3 Å². The molecule has 0 spiro atoms. The van der Waals surface area contributed by atoms with Crippen molar-refractivity contribution < 1.29 is 9.21 Å². The van der Waals surface area contributed by atoms with Gasteiger partial charge in [-0.3, -0.25) is 4.79 Å². The summed E-state index contributed by atoms with van der Waals surface area (Å²) in [5.74, 6) is 0.694. The monoisotopic (exact) mass is 371 g/mol. The summed E-state index contributed by atoms with van der Waals surface area (Å²) in [6.45, 7) is 0.436. The minimum Gasteiger partial charge on any atom is -0.452 e. The Balaban J connectivity index is 2.12. The van der Waals surface area contributed by atoms with Gasteiger partial charge in [0.25, 0.3) is 5.91 Å². The lowest BCUT2D eigenvalue weighted by atomic mass is 10.2. The van der Waals surface area contributed by atoms with Crippen LogP contribution < -0.4 is 0 Å². The largest absolute Gasteiger partial charge is 0.452 e. The fourth-order valence-corrected chi connectivity index (χ4v) is 2.38. The van der Waals surface area contributed by atoms with E-state index in [9.17, 15) is 4.79 Å². The number of furan rings is 1. The van der Waals surface area contributed by atoms with Crippen LogP contribution in [0.1, 0.15) is 16.1 Å². The Bertz CT molecular complexity index is 566. The lowest BCUT2D eigenvalue weighted by molar-refractivity contribution is 0.0774. The van der Waals surface area contributed by atoms with E-state index in [0.717, 1.165) is 10.2 Å². The molecule has 0 unspecified atom stereocenters. The third-order valence-electron chi connectivity index (χ3n) is 2.47. The summed E-state index contributed by atoms with van der Waals surface area (Å²) in [5, 5.41) is 0. The van der Waals surface area contributed by atoms with Crippen LogP contribution in [0.5, 0.6) is 0 Å². The predicted molar refractivity (Wildman–Crippen MR) is 76.3 cm³/mol. The lowest BCUT2D eigenvalue weighted by Crippen LogP contribution is -2.26. The van der Waals surface area contributed by atoms with E-state index >= 15 is 0 Å². The molecular formula is C13H11Br2NO2. The molecule has 0 bridgehead atoms. The number of amides is 1. The molecule has 94 valence electrons. The molecule has 0 aliphatic carbocycles. The number of halogens is 2. The van der Waals surface area contributed by atoms with E-state index in [-0.39, 0.29) is 5.91 Å². The first-order chi connectivity index (χ1) is 8.58. The van der Waals surface area contributed by atoms with Crippen molar-refractivity contribution in [2.24, 2.45) is 0 Å². The van der Waals surface area contributed by atoms with E-state index in [2.05, 4.69) is 31.9 Å². The van der Waals surface area contributed by atoms with Crippen LogP contribution in [0.2, 0.25) is 0 Å². The van der Waals surface area contributed by atoms with Crippen molar-refractivity contribution in [3.05, 3.63) is 56.9 Å². The van der Waals surface area contributed by atoms with Crippen molar-refractivity contribution in [1.82, 2.24) is 4.90 Å². The van der Waals surface area contributed by atoms with Gasteiger partial charge in [-0.25, -0.2) is 0 Å². The first kappa shape index (κ1) is 13.4. The quantitative estimate of drug-likeness (QED) is 0.813. The van der Waals surface area contributed by atoms with Crippen LogP contribution in [0.25, 0.3) is 0 Å². The first-order valence-electron chi connectivity index (χ1n) is 5.32. The minimum atomic E-state index is -0.0463. The molecule has 2 aromatic rings. The highest BCUT2D eigenvalue weighted by Gasteiger charge is 2.15. The summed E-state index contributed by atoms with van der Waals surface area (Å²) >= 11 is 6.61. The van der Waals surface area contributed by atoms with Gasteiger partial charge < -0.3 is 9.32 Å². The normalized spacial score (nSPS) is 10.4. The second kappa shape index (κ2) is 5.71. The third kappa shape index (κ3) is 3.03. The van der Waals surface area contributed by atoms with Gasteiger partial charge in [-0.2, -0.15) is 0 Å². The number of benzene rings is 1. The molecule has 1 aromatic carbocycles. The minimum absolute atomic E-state index is 0.0463.